The van der Waals surface area contributed by atoms with Gasteiger partial charge in [-0.25, -0.2) is 9.97 Å². The lowest BCUT2D eigenvalue weighted by atomic mass is 10.0. The smallest absolute Gasteiger partial charge is 0.161 e. The molecular formula is C22H29N5O. The summed E-state index contributed by atoms with van der Waals surface area (Å²) < 4.78 is 5.53. The molecule has 3 aliphatic rings. The Hall–Kier alpha value is -2.05. The van der Waals surface area contributed by atoms with Crippen LogP contribution in [0.2, 0.25) is 0 Å². The third-order valence-corrected chi connectivity index (χ3v) is 6.34. The molecule has 0 radical (unpaired) electrons. The van der Waals surface area contributed by atoms with E-state index in [0.29, 0.717) is 6.04 Å². The molecule has 1 N–H and O–H groups in total. The fourth-order valence-corrected chi connectivity index (χ4v) is 4.73. The van der Waals surface area contributed by atoms with Crippen molar-refractivity contribution in [2.75, 3.05) is 38.2 Å². The standard InChI is InChI=1S/C22H29N5O/c1-2-19-20(3-1)25-21(17-4-9-23-10-5-17)26-22(19)24-18-6-11-27(12-7-18)14-16-8-13-28-15-16/h4-5,9-10,16,18H,1-3,6-8,11-15H2,(H,24,25,26). The molecule has 2 fully saturated rings. The van der Waals surface area contributed by atoms with E-state index in [2.05, 4.69) is 15.2 Å². The Labute approximate surface area is 166 Å². The van der Waals surface area contributed by atoms with Crippen LogP contribution in [0, 0.1) is 5.92 Å². The number of ether oxygens (including phenoxy) is 1. The SMILES string of the molecule is c1cc(-c2nc3c(c(NC4CCN(CC5CCOC5)CC4)n2)CCC3)ccn1. The average Bonchev–Trinajstić information content (AvgIpc) is 3.42. The van der Waals surface area contributed by atoms with E-state index in [0.717, 1.165) is 49.2 Å². The van der Waals surface area contributed by atoms with Crippen molar-refractivity contribution < 1.29 is 4.74 Å². The normalized spacial score (nSPS) is 23.1. The van der Waals surface area contributed by atoms with Gasteiger partial charge in [0.05, 0.1) is 6.61 Å². The fraction of sp³-hybridized carbons (Fsp3) is 0.591. The molecule has 0 saturated carbocycles. The summed E-state index contributed by atoms with van der Waals surface area (Å²) in [6.45, 7) is 5.42. The maximum absolute atomic E-state index is 5.53. The van der Waals surface area contributed by atoms with Gasteiger partial charge in [-0.1, -0.05) is 0 Å². The van der Waals surface area contributed by atoms with Crippen LogP contribution in [0.25, 0.3) is 11.4 Å². The Balaban J connectivity index is 1.27. The second-order valence-corrected chi connectivity index (χ2v) is 8.36. The van der Waals surface area contributed by atoms with Crippen molar-refractivity contribution in [3.63, 3.8) is 0 Å². The van der Waals surface area contributed by atoms with Gasteiger partial charge in [-0.3, -0.25) is 4.98 Å². The van der Waals surface area contributed by atoms with E-state index < -0.39 is 0 Å². The molecule has 148 valence electrons. The number of likely N-dealkylation sites (tertiary alicyclic amines) is 1. The van der Waals surface area contributed by atoms with Gasteiger partial charge < -0.3 is 15.0 Å². The minimum atomic E-state index is 0.501. The first kappa shape index (κ1) is 18.0. The molecule has 6 heteroatoms. The van der Waals surface area contributed by atoms with Gasteiger partial charge >= 0.3 is 0 Å². The highest BCUT2D eigenvalue weighted by atomic mass is 16.5. The van der Waals surface area contributed by atoms with Gasteiger partial charge in [0.25, 0.3) is 0 Å². The highest BCUT2D eigenvalue weighted by Gasteiger charge is 2.26. The van der Waals surface area contributed by atoms with Crippen molar-refractivity contribution in [2.45, 2.75) is 44.6 Å². The Kier molecular flexibility index (Phi) is 5.23. The average molecular weight is 380 g/mol. The van der Waals surface area contributed by atoms with Crippen molar-refractivity contribution in [1.82, 2.24) is 19.9 Å². The zero-order chi connectivity index (χ0) is 18.8. The maximum atomic E-state index is 5.53. The third kappa shape index (κ3) is 3.89. The molecule has 2 aliphatic heterocycles. The summed E-state index contributed by atoms with van der Waals surface area (Å²) in [5, 5.41) is 3.79. The molecule has 4 heterocycles. The van der Waals surface area contributed by atoms with Gasteiger partial charge in [-0.05, 0) is 56.6 Å². The van der Waals surface area contributed by atoms with Gasteiger partial charge in [-0.15, -0.1) is 0 Å². The van der Waals surface area contributed by atoms with E-state index in [9.17, 15) is 0 Å². The second-order valence-electron chi connectivity index (χ2n) is 8.36. The first-order valence-electron chi connectivity index (χ1n) is 10.7. The number of hydrogen-bond donors (Lipinski definition) is 1. The van der Waals surface area contributed by atoms with Crippen molar-refractivity contribution in [2.24, 2.45) is 5.92 Å². The van der Waals surface area contributed by atoms with Gasteiger partial charge in [0, 0.05) is 61.5 Å². The summed E-state index contributed by atoms with van der Waals surface area (Å²) in [6, 6.07) is 4.48. The Morgan fingerprint density at radius 2 is 1.93 bits per heavy atom. The van der Waals surface area contributed by atoms with Crippen LogP contribution in [0.1, 0.15) is 36.9 Å². The summed E-state index contributed by atoms with van der Waals surface area (Å²) in [6.07, 6.45) is 10.5. The molecule has 0 aromatic carbocycles. The lowest BCUT2D eigenvalue weighted by Crippen LogP contribution is -2.41. The number of fused-ring (bicyclic) bond motifs is 1. The molecule has 2 aromatic heterocycles. The topological polar surface area (TPSA) is 63.2 Å². The van der Waals surface area contributed by atoms with Gasteiger partial charge in [0.2, 0.25) is 0 Å². The van der Waals surface area contributed by atoms with Crippen molar-refractivity contribution >= 4 is 5.82 Å². The number of nitrogens with one attached hydrogen (secondary N) is 1. The molecule has 6 nitrogen and oxygen atoms in total. The number of rotatable bonds is 5. The molecule has 1 aliphatic carbocycles. The molecule has 1 atom stereocenters. The van der Waals surface area contributed by atoms with Gasteiger partial charge in [0.15, 0.2) is 5.82 Å². The second kappa shape index (κ2) is 8.13. The largest absolute Gasteiger partial charge is 0.381 e. The highest BCUT2D eigenvalue weighted by molar-refractivity contribution is 5.60. The van der Waals surface area contributed by atoms with E-state index in [1.165, 1.54) is 56.6 Å². The number of nitrogens with zero attached hydrogens (tertiary/aromatic N) is 4. The minimum Gasteiger partial charge on any atom is -0.381 e. The quantitative estimate of drug-likeness (QED) is 0.862. The number of pyridine rings is 1. The molecule has 2 saturated heterocycles. The monoisotopic (exact) mass is 379 g/mol. The Bertz CT molecular complexity index is 798. The third-order valence-electron chi connectivity index (χ3n) is 6.34. The van der Waals surface area contributed by atoms with Crippen LogP contribution in [0.15, 0.2) is 24.5 Å². The van der Waals surface area contributed by atoms with E-state index in [4.69, 9.17) is 14.7 Å². The van der Waals surface area contributed by atoms with E-state index in [-0.39, 0.29) is 0 Å². The first-order valence-corrected chi connectivity index (χ1v) is 10.7. The number of aromatic nitrogens is 3. The number of piperidine rings is 1. The lowest BCUT2D eigenvalue weighted by Gasteiger charge is -2.34. The van der Waals surface area contributed by atoms with Crippen LogP contribution in [-0.4, -0.2) is 58.7 Å². The van der Waals surface area contributed by atoms with E-state index in [1.807, 2.05) is 24.5 Å². The van der Waals surface area contributed by atoms with Crippen LogP contribution >= 0.6 is 0 Å². The van der Waals surface area contributed by atoms with Crippen LogP contribution in [-0.2, 0) is 17.6 Å². The van der Waals surface area contributed by atoms with Crippen LogP contribution in [0.3, 0.4) is 0 Å². The predicted octanol–water partition coefficient (Wildman–Crippen LogP) is 2.94. The predicted molar refractivity (Wildman–Crippen MR) is 109 cm³/mol. The number of aryl methyl sites for hydroxylation is 1. The molecule has 1 unspecified atom stereocenters. The van der Waals surface area contributed by atoms with Crippen molar-refractivity contribution in [1.29, 1.82) is 0 Å². The molecule has 0 amide bonds. The van der Waals surface area contributed by atoms with Crippen LogP contribution < -0.4 is 5.32 Å². The zero-order valence-electron chi connectivity index (χ0n) is 16.4. The van der Waals surface area contributed by atoms with E-state index >= 15 is 0 Å². The molecule has 2 aromatic rings. The summed E-state index contributed by atoms with van der Waals surface area (Å²) in [7, 11) is 0. The molecule has 0 spiro atoms. The van der Waals surface area contributed by atoms with Crippen molar-refractivity contribution in [3.05, 3.63) is 35.8 Å². The van der Waals surface area contributed by atoms with Crippen molar-refractivity contribution in [3.8, 4) is 11.4 Å². The number of hydrogen-bond acceptors (Lipinski definition) is 6. The number of anilines is 1. The van der Waals surface area contributed by atoms with Crippen LogP contribution in [0.4, 0.5) is 5.82 Å². The summed E-state index contributed by atoms with van der Waals surface area (Å²) >= 11 is 0. The first-order chi connectivity index (χ1) is 13.8. The lowest BCUT2D eigenvalue weighted by molar-refractivity contribution is 0.154. The van der Waals surface area contributed by atoms with Gasteiger partial charge in [-0.2, -0.15) is 0 Å². The Morgan fingerprint density at radius 1 is 1.07 bits per heavy atom. The van der Waals surface area contributed by atoms with Gasteiger partial charge in [0.1, 0.15) is 5.82 Å². The van der Waals surface area contributed by atoms with E-state index in [1.54, 1.807) is 0 Å². The summed E-state index contributed by atoms with van der Waals surface area (Å²) in [5.41, 5.74) is 3.60. The Morgan fingerprint density at radius 3 is 2.71 bits per heavy atom. The molecular weight excluding hydrogens is 350 g/mol. The summed E-state index contributed by atoms with van der Waals surface area (Å²) in [5.74, 6) is 2.62. The summed E-state index contributed by atoms with van der Waals surface area (Å²) in [4.78, 5) is 16.5. The highest BCUT2D eigenvalue weighted by Crippen LogP contribution is 2.30. The maximum Gasteiger partial charge on any atom is 0.161 e. The molecule has 28 heavy (non-hydrogen) atoms. The fourth-order valence-electron chi connectivity index (χ4n) is 4.73. The van der Waals surface area contributed by atoms with Crippen LogP contribution in [0.5, 0.6) is 0 Å². The minimum absolute atomic E-state index is 0.501. The zero-order valence-corrected chi connectivity index (χ0v) is 16.4. The molecule has 0 bridgehead atoms. The molecule has 5 rings (SSSR count).